The van der Waals surface area contributed by atoms with Gasteiger partial charge in [-0.15, -0.1) is 0 Å². The normalized spacial score (nSPS) is 11.2. The molecular formula is C18H15N3O3. The molecule has 0 aliphatic carbocycles. The first-order valence-electron chi connectivity index (χ1n) is 7.44. The fourth-order valence-corrected chi connectivity index (χ4v) is 2.83. The van der Waals surface area contributed by atoms with Crippen LogP contribution in [0.15, 0.2) is 51.7 Å². The van der Waals surface area contributed by atoms with Crippen LogP contribution in [0, 0.1) is 6.92 Å². The van der Waals surface area contributed by atoms with Crippen molar-refractivity contribution in [1.29, 1.82) is 0 Å². The fourth-order valence-electron chi connectivity index (χ4n) is 2.83. The Morgan fingerprint density at radius 1 is 1.21 bits per heavy atom. The molecular weight excluding hydrogens is 306 g/mol. The predicted octanol–water partition coefficient (Wildman–Crippen LogP) is 3.03. The summed E-state index contributed by atoms with van der Waals surface area (Å²) >= 11 is 0. The molecule has 24 heavy (non-hydrogen) atoms. The molecule has 120 valence electrons. The first-order chi connectivity index (χ1) is 11.6. The largest absolute Gasteiger partial charge is 0.497 e. The summed E-state index contributed by atoms with van der Waals surface area (Å²) in [6.45, 7) is 1.79. The van der Waals surface area contributed by atoms with E-state index >= 15 is 0 Å². The lowest BCUT2D eigenvalue weighted by atomic mass is 10.1. The standard InChI is InChI=1S/C18H15N3O3/c1-10-16-17(22)14-9-13(23-2)6-7-15(14)24-18(16)21(20-10)12-5-3-4-11(19)8-12/h3-9H,19H2,1-2H3. The van der Waals surface area contributed by atoms with Crippen LogP contribution in [0.1, 0.15) is 5.69 Å². The summed E-state index contributed by atoms with van der Waals surface area (Å²) in [6, 6.07) is 12.4. The van der Waals surface area contributed by atoms with Crippen molar-refractivity contribution in [3.63, 3.8) is 0 Å². The third kappa shape index (κ3) is 2.04. The molecule has 0 saturated heterocycles. The zero-order valence-electron chi connectivity index (χ0n) is 13.2. The first kappa shape index (κ1) is 14.3. The van der Waals surface area contributed by atoms with E-state index in [1.54, 1.807) is 49.0 Å². The molecule has 0 amide bonds. The Morgan fingerprint density at radius 3 is 2.79 bits per heavy atom. The van der Waals surface area contributed by atoms with Gasteiger partial charge in [0, 0.05) is 5.69 Å². The molecule has 0 aliphatic heterocycles. The van der Waals surface area contributed by atoms with Gasteiger partial charge in [0.05, 0.1) is 23.9 Å². The third-order valence-electron chi connectivity index (χ3n) is 4.00. The molecule has 0 atom stereocenters. The van der Waals surface area contributed by atoms with Gasteiger partial charge in [-0.25, -0.2) is 0 Å². The van der Waals surface area contributed by atoms with Crippen LogP contribution in [0.4, 0.5) is 5.69 Å². The van der Waals surface area contributed by atoms with Crippen LogP contribution < -0.4 is 15.9 Å². The number of hydrogen-bond acceptors (Lipinski definition) is 5. The van der Waals surface area contributed by atoms with Gasteiger partial charge in [-0.3, -0.25) is 4.79 Å². The third-order valence-corrected chi connectivity index (χ3v) is 4.00. The topological polar surface area (TPSA) is 83.3 Å². The number of hydrogen-bond donors (Lipinski definition) is 1. The van der Waals surface area contributed by atoms with Crippen molar-refractivity contribution in [3.8, 4) is 11.4 Å². The number of aromatic nitrogens is 2. The number of nitrogen functional groups attached to an aromatic ring is 1. The highest BCUT2D eigenvalue weighted by molar-refractivity contribution is 5.91. The second kappa shape index (κ2) is 5.13. The lowest BCUT2D eigenvalue weighted by Crippen LogP contribution is -2.03. The first-order valence-corrected chi connectivity index (χ1v) is 7.44. The van der Waals surface area contributed by atoms with E-state index in [0.29, 0.717) is 39.2 Å². The predicted molar refractivity (Wildman–Crippen MR) is 92.8 cm³/mol. The number of aryl methyl sites for hydroxylation is 1. The van der Waals surface area contributed by atoms with E-state index in [1.165, 1.54) is 0 Å². The molecule has 0 bridgehead atoms. The van der Waals surface area contributed by atoms with Crippen molar-refractivity contribution in [3.05, 3.63) is 58.4 Å². The Balaban J connectivity index is 2.10. The van der Waals surface area contributed by atoms with Crippen molar-refractivity contribution < 1.29 is 9.15 Å². The molecule has 0 fully saturated rings. The highest BCUT2D eigenvalue weighted by Gasteiger charge is 2.18. The van der Waals surface area contributed by atoms with E-state index in [-0.39, 0.29) is 5.43 Å². The second-order valence-electron chi connectivity index (χ2n) is 5.57. The molecule has 6 heteroatoms. The van der Waals surface area contributed by atoms with Gasteiger partial charge in [0.1, 0.15) is 16.7 Å². The summed E-state index contributed by atoms with van der Waals surface area (Å²) in [4.78, 5) is 12.9. The molecule has 0 spiro atoms. The number of benzene rings is 2. The van der Waals surface area contributed by atoms with E-state index in [2.05, 4.69) is 5.10 Å². The number of nitrogens with two attached hydrogens (primary N) is 1. The van der Waals surface area contributed by atoms with Gasteiger partial charge in [-0.2, -0.15) is 9.78 Å². The second-order valence-corrected chi connectivity index (χ2v) is 5.57. The molecule has 2 aromatic carbocycles. The lowest BCUT2D eigenvalue weighted by Gasteiger charge is -2.05. The summed E-state index contributed by atoms with van der Waals surface area (Å²) in [6.07, 6.45) is 0. The molecule has 6 nitrogen and oxygen atoms in total. The van der Waals surface area contributed by atoms with Crippen molar-refractivity contribution in [2.75, 3.05) is 12.8 Å². The summed E-state index contributed by atoms with van der Waals surface area (Å²) in [5, 5.41) is 5.39. The highest BCUT2D eigenvalue weighted by Crippen LogP contribution is 2.26. The monoisotopic (exact) mass is 321 g/mol. The number of rotatable bonds is 2. The van der Waals surface area contributed by atoms with E-state index in [9.17, 15) is 4.79 Å². The maximum Gasteiger partial charge on any atom is 0.234 e. The Hall–Kier alpha value is -3.28. The van der Waals surface area contributed by atoms with Crippen molar-refractivity contribution in [1.82, 2.24) is 9.78 Å². The van der Waals surface area contributed by atoms with Crippen LogP contribution in [0.2, 0.25) is 0 Å². The van der Waals surface area contributed by atoms with E-state index in [4.69, 9.17) is 14.9 Å². The molecule has 0 saturated carbocycles. The van der Waals surface area contributed by atoms with Crippen LogP contribution >= 0.6 is 0 Å². The van der Waals surface area contributed by atoms with Gasteiger partial charge in [0.25, 0.3) is 0 Å². The number of methoxy groups -OCH3 is 1. The van der Waals surface area contributed by atoms with Crippen molar-refractivity contribution in [2.45, 2.75) is 6.92 Å². The van der Waals surface area contributed by atoms with E-state index < -0.39 is 0 Å². The van der Waals surface area contributed by atoms with Crippen LogP contribution in [0.5, 0.6) is 5.75 Å². The Kier molecular flexibility index (Phi) is 3.06. The average Bonchev–Trinajstić information content (AvgIpc) is 2.92. The van der Waals surface area contributed by atoms with Crippen LogP contribution in [0.25, 0.3) is 27.8 Å². The van der Waals surface area contributed by atoms with Gasteiger partial charge < -0.3 is 14.9 Å². The Bertz CT molecular complexity index is 1140. The number of ether oxygens (including phenoxy) is 1. The fraction of sp³-hybridized carbons (Fsp3) is 0.111. The molecule has 0 radical (unpaired) electrons. The number of anilines is 1. The van der Waals surface area contributed by atoms with E-state index in [0.717, 1.165) is 5.69 Å². The molecule has 4 rings (SSSR count). The van der Waals surface area contributed by atoms with Crippen molar-refractivity contribution in [2.24, 2.45) is 0 Å². The maximum absolute atomic E-state index is 12.9. The Morgan fingerprint density at radius 2 is 2.04 bits per heavy atom. The van der Waals surface area contributed by atoms with Gasteiger partial charge >= 0.3 is 0 Å². The minimum atomic E-state index is -0.127. The molecule has 2 N–H and O–H groups in total. The van der Waals surface area contributed by atoms with Crippen LogP contribution in [-0.4, -0.2) is 16.9 Å². The smallest absolute Gasteiger partial charge is 0.234 e. The molecule has 2 aromatic heterocycles. The molecule has 4 aromatic rings. The van der Waals surface area contributed by atoms with E-state index in [1.807, 2.05) is 12.1 Å². The minimum Gasteiger partial charge on any atom is -0.497 e. The maximum atomic E-state index is 12.9. The zero-order chi connectivity index (χ0) is 16.8. The van der Waals surface area contributed by atoms with Crippen LogP contribution in [-0.2, 0) is 0 Å². The van der Waals surface area contributed by atoms with Crippen molar-refractivity contribution >= 4 is 27.8 Å². The SMILES string of the molecule is COc1ccc2oc3c(c(C)nn3-c3cccc(N)c3)c(=O)c2c1. The number of fused-ring (bicyclic) bond motifs is 2. The summed E-state index contributed by atoms with van der Waals surface area (Å²) in [5.41, 5.74) is 8.57. The summed E-state index contributed by atoms with van der Waals surface area (Å²) < 4.78 is 12.8. The average molecular weight is 321 g/mol. The number of nitrogens with zero attached hydrogens (tertiary/aromatic N) is 2. The lowest BCUT2D eigenvalue weighted by molar-refractivity contribution is 0.415. The van der Waals surface area contributed by atoms with Gasteiger partial charge in [-0.1, -0.05) is 6.07 Å². The summed E-state index contributed by atoms with van der Waals surface area (Å²) in [7, 11) is 1.56. The van der Waals surface area contributed by atoms with Gasteiger partial charge in [-0.05, 0) is 43.3 Å². The van der Waals surface area contributed by atoms with Gasteiger partial charge in [0.15, 0.2) is 0 Å². The highest BCUT2D eigenvalue weighted by atomic mass is 16.5. The molecule has 0 unspecified atom stereocenters. The Labute approximate surface area is 137 Å². The molecule has 0 aliphatic rings. The quantitative estimate of drug-likeness (QED) is 0.574. The van der Waals surface area contributed by atoms with Crippen LogP contribution in [0.3, 0.4) is 0 Å². The minimum absolute atomic E-state index is 0.127. The summed E-state index contributed by atoms with van der Waals surface area (Å²) in [5.74, 6) is 0.607. The zero-order valence-corrected chi connectivity index (χ0v) is 13.2. The van der Waals surface area contributed by atoms with Gasteiger partial charge in [0.2, 0.25) is 11.1 Å². The molecule has 2 heterocycles.